The summed E-state index contributed by atoms with van der Waals surface area (Å²) in [6, 6.07) is 31.2. The van der Waals surface area contributed by atoms with Crippen LogP contribution in [0.5, 0.6) is 17.2 Å². The highest BCUT2D eigenvalue weighted by Crippen LogP contribution is 2.43. The lowest BCUT2D eigenvalue weighted by Gasteiger charge is -2.29. The number of aliphatic hydroxyl groups excluding tert-OH is 1. The van der Waals surface area contributed by atoms with Crippen molar-refractivity contribution in [3.8, 4) is 17.2 Å². The lowest BCUT2D eigenvalue weighted by atomic mass is 10.0. The minimum Gasteiger partial charge on any atom is -0.493 e. The molecule has 1 unspecified atom stereocenters. The molecular weight excluding hydrogens is 761 g/mol. The van der Waals surface area contributed by atoms with Gasteiger partial charge in [-0.05, 0) is 90.2 Å². The van der Waals surface area contributed by atoms with E-state index in [9.17, 15) is 14.7 Å². The van der Waals surface area contributed by atoms with Crippen LogP contribution < -0.4 is 24.0 Å². The predicted octanol–water partition coefficient (Wildman–Crippen LogP) is 8.04. The van der Waals surface area contributed by atoms with Gasteiger partial charge in [0.05, 0.1) is 50.2 Å². The number of hydrogen-bond acceptors (Lipinski definition) is 11. The fourth-order valence-corrected chi connectivity index (χ4v) is 8.17. The molecular formula is C48H48N4O8. The number of fused-ring (bicyclic) bond motifs is 5. The van der Waals surface area contributed by atoms with Crippen LogP contribution in [0.1, 0.15) is 62.8 Å². The number of aryl methyl sites for hydroxylation is 1. The molecule has 0 radical (unpaired) electrons. The molecule has 0 aliphatic carbocycles. The molecule has 0 spiro atoms. The van der Waals surface area contributed by atoms with Gasteiger partial charge in [-0.15, -0.1) is 0 Å². The summed E-state index contributed by atoms with van der Waals surface area (Å²) < 4.78 is 28.9. The zero-order valence-electron chi connectivity index (χ0n) is 33.8. The highest BCUT2D eigenvalue weighted by Gasteiger charge is 2.36. The molecule has 60 heavy (non-hydrogen) atoms. The average Bonchev–Trinajstić information content (AvgIpc) is 3.85. The maximum Gasteiger partial charge on any atom is 0.307 e. The number of ether oxygens (including phenoxy) is 5. The zero-order chi connectivity index (χ0) is 41.6. The second-order valence-electron chi connectivity index (χ2n) is 15.0. The van der Waals surface area contributed by atoms with E-state index >= 15 is 0 Å². The minimum absolute atomic E-state index is 0.0380. The Hall–Kier alpha value is -6.50. The number of carbonyl (C=O) groups is 2. The van der Waals surface area contributed by atoms with Gasteiger partial charge in [-0.3, -0.25) is 19.6 Å². The summed E-state index contributed by atoms with van der Waals surface area (Å²) in [5.74, 6) is 0.980. The molecule has 1 N–H and O–H groups in total. The summed E-state index contributed by atoms with van der Waals surface area (Å²) >= 11 is 0. The number of benzene rings is 5. The van der Waals surface area contributed by atoms with Gasteiger partial charge in [-0.25, -0.2) is 0 Å². The number of carbonyl (C=O) groups excluding carboxylic acids is 2. The molecule has 0 saturated carbocycles. The Morgan fingerprint density at radius 1 is 0.850 bits per heavy atom. The second-order valence-corrected chi connectivity index (χ2v) is 15.0. The van der Waals surface area contributed by atoms with Gasteiger partial charge in [-0.1, -0.05) is 48.5 Å². The topological polar surface area (TPSA) is 132 Å². The van der Waals surface area contributed by atoms with Gasteiger partial charge in [-0.2, -0.15) is 0 Å². The molecule has 2 atom stereocenters. The molecule has 5 aromatic rings. The monoisotopic (exact) mass is 808 g/mol. The van der Waals surface area contributed by atoms with Gasteiger partial charge in [0.15, 0.2) is 17.7 Å². The minimum atomic E-state index is -0.842. The highest BCUT2D eigenvalue weighted by atomic mass is 16.5. The van der Waals surface area contributed by atoms with Crippen molar-refractivity contribution in [2.75, 3.05) is 43.8 Å². The third-order valence-electron chi connectivity index (χ3n) is 11.1. The molecule has 0 aromatic heterocycles. The van der Waals surface area contributed by atoms with Crippen molar-refractivity contribution < 1.29 is 38.4 Å². The molecule has 5 aromatic carbocycles. The zero-order valence-corrected chi connectivity index (χ0v) is 33.8. The van der Waals surface area contributed by atoms with Crippen molar-refractivity contribution in [2.45, 2.75) is 57.6 Å². The maximum absolute atomic E-state index is 13.8. The fourth-order valence-electron chi connectivity index (χ4n) is 8.17. The van der Waals surface area contributed by atoms with Crippen molar-refractivity contribution in [1.82, 2.24) is 0 Å². The Labute approximate surface area is 349 Å². The Morgan fingerprint density at radius 3 is 2.38 bits per heavy atom. The van der Waals surface area contributed by atoms with Crippen molar-refractivity contribution >= 4 is 47.6 Å². The molecule has 12 nitrogen and oxygen atoms in total. The lowest BCUT2D eigenvalue weighted by molar-refractivity contribution is -0.141. The molecule has 0 fully saturated rings. The van der Waals surface area contributed by atoms with Crippen LogP contribution in [-0.2, 0) is 46.7 Å². The number of aliphatic hydroxyl groups is 1. The SMILES string of the molecule is C=Nc1cc(OCc2cc(CCCOCCC(=O)OC)cc(COc3ccc4c(c3)N=C[C@@H]3Cc5ccccc5N3C4O)c2)c(OC)cc1C(=O)N1CCc2ccccc21. The first kappa shape index (κ1) is 40.3. The van der Waals surface area contributed by atoms with Gasteiger partial charge < -0.3 is 38.6 Å². The van der Waals surface area contributed by atoms with Crippen LogP contribution in [0.3, 0.4) is 0 Å². The van der Waals surface area contributed by atoms with Crippen LogP contribution in [0.4, 0.5) is 22.7 Å². The summed E-state index contributed by atoms with van der Waals surface area (Å²) in [5, 5.41) is 11.5. The summed E-state index contributed by atoms with van der Waals surface area (Å²) in [4.78, 5) is 38.1. The highest BCUT2D eigenvalue weighted by molar-refractivity contribution is 6.10. The summed E-state index contributed by atoms with van der Waals surface area (Å²) in [6.07, 6.45) is 4.30. The van der Waals surface area contributed by atoms with Crippen LogP contribution in [0.15, 0.2) is 107 Å². The number of amides is 1. The van der Waals surface area contributed by atoms with E-state index in [-0.39, 0.29) is 37.6 Å². The van der Waals surface area contributed by atoms with Gasteiger partial charge in [0, 0.05) is 54.9 Å². The lowest BCUT2D eigenvalue weighted by Crippen LogP contribution is -2.35. The van der Waals surface area contributed by atoms with Crippen LogP contribution in [-0.4, -0.2) is 69.9 Å². The maximum atomic E-state index is 13.8. The molecule has 3 aliphatic rings. The van der Waals surface area contributed by atoms with Gasteiger partial charge >= 0.3 is 5.97 Å². The number of aliphatic imine (C=N–C) groups is 2. The Balaban J connectivity index is 0.986. The number of para-hydroxylation sites is 2. The largest absolute Gasteiger partial charge is 0.493 e. The normalized spacial score (nSPS) is 16.0. The van der Waals surface area contributed by atoms with Crippen molar-refractivity contribution in [3.63, 3.8) is 0 Å². The Morgan fingerprint density at radius 2 is 1.60 bits per heavy atom. The molecule has 12 heteroatoms. The number of rotatable bonds is 16. The molecule has 0 saturated heterocycles. The van der Waals surface area contributed by atoms with Crippen LogP contribution in [0.2, 0.25) is 0 Å². The van der Waals surface area contributed by atoms with Gasteiger partial charge in [0.2, 0.25) is 0 Å². The van der Waals surface area contributed by atoms with Crippen LogP contribution >= 0.6 is 0 Å². The second kappa shape index (κ2) is 18.2. The summed E-state index contributed by atoms with van der Waals surface area (Å²) in [6.45, 7) is 5.58. The molecule has 308 valence electrons. The van der Waals surface area contributed by atoms with Crippen molar-refractivity contribution in [2.24, 2.45) is 9.98 Å². The molecule has 3 heterocycles. The van der Waals surface area contributed by atoms with E-state index in [1.54, 1.807) is 24.1 Å². The first-order valence-electron chi connectivity index (χ1n) is 20.2. The molecule has 1 amide bonds. The Bertz CT molecular complexity index is 2430. The van der Waals surface area contributed by atoms with E-state index < -0.39 is 6.23 Å². The number of methoxy groups -OCH3 is 2. The smallest absolute Gasteiger partial charge is 0.307 e. The average molecular weight is 809 g/mol. The van der Waals surface area contributed by atoms with E-state index in [1.807, 2.05) is 77.8 Å². The molecule has 3 aliphatic heterocycles. The van der Waals surface area contributed by atoms with Crippen LogP contribution in [0, 0.1) is 0 Å². The first-order chi connectivity index (χ1) is 29.3. The van der Waals surface area contributed by atoms with E-state index in [2.05, 4.69) is 29.9 Å². The van der Waals surface area contributed by atoms with E-state index in [0.29, 0.717) is 53.9 Å². The summed E-state index contributed by atoms with van der Waals surface area (Å²) in [7, 11) is 2.91. The molecule has 8 rings (SSSR count). The van der Waals surface area contributed by atoms with Crippen molar-refractivity contribution in [1.29, 1.82) is 0 Å². The quantitative estimate of drug-likeness (QED) is 0.0598. The van der Waals surface area contributed by atoms with E-state index in [4.69, 9.17) is 28.7 Å². The number of nitrogens with zero attached hydrogens (tertiary/aromatic N) is 4. The number of anilines is 2. The predicted molar refractivity (Wildman–Crippen MR) is 231 cm³/mol. The first-order valence-corrected chi connectivity index (χ1v) is 20.2. The van der Waals surface area contributed by atoms with Gasteiger partial charge in [0.1, 0.15) is 19.0 Å². The van der Waals surface area contributed by atoms with Crippen molar-refractivity contribution in [3.05, 3.63) is 136 Å². The van der Waals surface area contributed by atoms with E-state index in [1.165, 1.54) is 12.7 Å². The Kier molecular flexibility index (Phi) is 12.2. The van der Waals surface area contributed by atoms with Gasteiger partial charge in [0.25, 0.3) is 5.91 Å². The summed E-state index contributed by atoms with van der Waals surface area (Å²) in [5.41, 5.74) is 9.30. The van der Waals surface area contributed by atoms with E-state index in [0.717, 1.165) is 64.9 Å². The number of esters is 1. The third-order valence-corrected chi connectivity index (χ3v) is 11.1. The number of hydrogen-bond donors (Lipinski definition) is 1. The third kappa shape index (κ3) is 8.61. The fraction of sp³-hybridized carbons (Fsp3) is 0.292. The van der Waals surface area contributed by atoms with Crippen LogP contribution in [0.25, 0.3) is 0 Å². The standard InChI is InChI=1S/C48H48N4O8/c1-49-40-27-45(44(56-2)26-39(40)47(54)51-18-16-34-10-4-6-12-42(34)51)60-30-33-22-31(9-8-19-58-20-17-46(53)57-3)21-32(23-33)29-59-37-14-15-38-41(25-37)50-28-36-24-35-11-5-7-13-43(35)52(36)48(38)55/h4-7,10-15,21-23,25-28,36,48,55H,1,8-9,16-20,24,29-30H2,2-3H3/t36-,48?/m0/s1. The molecule has 0 bridgehead atoms.